The standard InChI is InChI=1S/C19H22N2O5S/c1-4-13-15(10-7-11-17(13)27(3,24)25)20-12-18(22)21-16-9-6-5-8-14(16)19(23)26-2/h5-11,20H,4,12H2,1-3H3,(H,21,22). The lowest BCUT2D eigenvalue weighted by Crippen LogP contribution is -2.23. The molecule has 0 saturated carbocycles. The summed E-state index contributed by atoms with van der Waals surface area (Å²) in [7, 11) is -2.10. The van der Waals surface area contributed by atoms with Gasteiger partial charge in [0, 0.05) is 11.9 Å². The van der Waals surface area contributed by atoms with Gasteiger partial charge in [0.15, 0.2) is 9.84 Å². The highest BCUT2D eigenvalue weighted by molar-refractivity contribution is 7.90. The maximum atomic E-state index is 12.3. The van der Waals surface area contributed by atoms with E-state index in [1.54, 1.807) is 42.5 Å². The Morgan fingerprint density at radius 1 is 1.04 bits per heavy atom. The first-order chi connectivity index (χ1) is 12.8. The van der Waals surface area contributed by atoms with Crippen molar-refractivity contribution in [3.63, 3.8) is 0 Å². The first kappa shape index (κ1) is 20.4. The van der Waals surface area contributed by atoms with Crippen molar-refractivity contribution in [3.05, 3.63) is 53.6 Å². The summed E-state index contributed by atoms with van der Waals surface area (Å²) in [4.78, 5) is 24.3. The molecule has 8 heteroatoms. The van der Waals surface area contributed by atoms with Crippen molar-refractivity contribution in [3.8, 4) is 0 Å². The van der Waals surface area contributed by atoms with Crippen LogP contribution >= 0.6 is 0 Å². The normalized spacial score (nSPS) is 10.9. The molecule has 0 bridgehead atoms. The van der Waals surface area contributed by atoms with Gasteiger partial charge in [0.1, 0.15) is 0 Å². The zero-order valence-corrected chi connectivity index (χ0v) is 16.2. The molecule has 27 heavy (non-hydrogen) atoms. The Morgan fingerprint density at radius 3 is 2.33 bits per heavy atom. The van der Waals surface area contributed by atoms with Gasteiger partial charge in [-0.05, 0) is 36.2 Å². The Bertz CT molecular complexity index is 954. The smallest absolute Gasteiger partial charge is 0.339 e. The number of carbonyl (C=O) groups is 2. The number of ether oxygens (including phenoxy) is 1. The fourth-order valence-corrected chi connectivity index (χ4v) is 3.72. The van der Waals surface area contributed by atoms with Crippen LogP contribution in [0.2, 0.25) is 0 Å². The highest BCUT2D eigenvalue weighted by atomic mass is 32.2. The van der Waals surface area contributed by atoms with Crippen LogP contribution in [-0.4, -0.2) is 40.2 Å². The summed E-state index contributed by atoms with van der Waals surface area (Å²) >= 11 is 0. The fraction of sp³-hybridized carbons (Fsp3) is 0.263. The van der Waals surface area contributed by atoms with Crippen molar-refractivity contribution in [1.29, 1.82) is 0 Å². The Labute approximate surface area is 158 Å². The lowest BCUT2D eigenvalue weighted by atomic mass is 10.1. The molecule has 0 radical (unpaired) electrons. The predicted molar refractivity (Wildman–Crippen MR) is 104 cm³/mol. The van der Waals surface area contributed by atoms with Crippen LogP contribution in [0.1, 0.15) is 22.8 Å². The van der Waals surface area contributed by atoms with Crippen molar-refractivity contribution in [1.82, 2.24) is 0 Å². The molecule has 0 atom stereocenters. The number of anilines is 2. The van der Waals surface area contributed by atoms with E-state index in [2.05, 4.69) is 10.6 Å². The van der Waals surface area contributed by atoms with E-state index in [1.807, 2.05) is 6.92 Å². The maximum Gasteiger partial charge on any atom is 0.339 e. The minimum absolute atomic E-state index is 0.0876. The number of rotatable bonds is 7. The quantitative estimate of drug-likeness (QED) is 0.705. The Morgan fingerprint density at radius 2 is 1.70 bits per heavy atom. The van der Waals surface area contributed by atoms with Gasteiger partial charge in [0.25, 0.3) is 0 Å². The minimum atomic E-state index is -3.37. The van der Waals surface area contributed by atoms with Gasteiger partial charge in [0.05, 0.1) is 29.8 Å². The molecule has 1 amide bonds. The molecule has 144 valence electrons. The molecule has 0 fully saturated rings. The molecule has 2 rings (SSSR count). The summed E-state index contributed by atoms with van der Waals surface area (Å²) in [5.41, 5.74) is 1.80. The number of sulfone groups is 1. The molecule has 0 aliphatic heterocycles. The van der Waals surface area contributed by atoms with Crippen LogP contribution in [0, 0.1) is 0 Å². The van der Waals surface area contributed by atoms with E-state index < -0.39 is 15.8 Å². The molecule has 0 unspecified atom stereocenters. The average Bonchev–Trinajstić information content (AvgIpc) is 2.65. The monoisotopic (exact) mass is 390 g/mol. The van der Waals surface area contributed by atoms with E-state index in [1.165, 1.54) is 7.11 Å². The van der Waals surface area contributed by atoms with E-state index in [0.717, 1.165) is 6.26 Å². The lowest BCUT2D eigenvalue weighted by Gasteiger charge is -2.15. The summed E-state index contributed by atoms with van der Waals surface area (Å²) < 4.78 is 28.5. The van der Waals surface area contributed by atoms with Gasteiger partial charge in [-0.2, -0.15) is 0 Å². The van der Waals surface area contributed by atoms with E-state index in [-0.39, 0.29) is 22.9 Å². The summed E-state index contributed by atoms with van der Waals surface area (Å²) in [5.74, 6) is -0.925. The molecule has 7 nitrogen and oxygen atoms in total. The van der Waals surface area contributed by atoms with Gasteiger partial charge < -0.3 is 15.4 Å². The van der Waals surface area contributed by atoms with Crippen molar-refractivity contribution in [2.24, 2.45) is 0 Å². The van der Waals surface area contributed by atoms with E-state index in [9.17, 15) is 18.0 Å². The van der Waals surface area contributed by atoms with Crippen molar-refractivity contribution >= 4 is 33.1 Å². The van der Waals surface area contributed by atoms with Crippen molar-refractivity contribution in [2.75, 3.05) is 30.5 Å². The zero-order chi connectivity index (χ0) is 20.0. The van der Waals surface area contributed by atoms with E-state index in [0.29, 0.717) is 23.4 Å². The molecule has 2 aromatic rings. The summed E-state index contributed by atoms with van der Waals surface area (Å²) in [5, 5.41) is 5.62. The van der Waals surface area contributed by atoms with Gasteiger partial charge in [-0.15, -0.1) is 0 Å². The summed E-state index contributed by atoms with van der Waals surface area (Å²) in [6.07, 6.45) is 1.65. The maximum absolute atomic E-state index is 12.3. The molecule has 0 aliphatic rings. The molecule has 0 saturated heterocycles. The number of benzene rings is 2. The van der Waals surface area contributed by atoms with Crippen LogP contribution in [0.25, 0.3) is 0 Å². The predicted octanol–water partition coefficient (Wildman–Crippen LogP) is 2.49. The second kappa shape index (κ2) is 8.68. The van der Waals surface area contributed by atoms with E-state index >= 15 is 0 Å². The zero-order valence-electron chi connectivity index (χ0n) is 15.4. The van der Waals surface area contributed by atoms with Crippen molar-refractivity contribution < 1.29 is 22.7 Å². The third-order valence-electron chi connectivity index (χ3n) is 3.93. The largest absolute Gasteiger partial charge is 0.465 e. The van der Waals surface area contributed by atoms with Crippen LogP contribution in [0.15, 0.2) is 47.4 Å². The molecular weight excluding hydrogens is 368 g/mol. The number of hydrogen-bond donors (Lipinski definition) is 2. The summed E-state index contributed by atoms with van der Waals surface area (Å²) in [6, 6.07) is 11.4. The topological polar surface area (TPSA) is 102 Å². The van der Waals surface area contributed by atoms with Crippen LogP contribution in [0.5, 0.6) is 0 Å². The molecule has 0 heterocycles. The molecular formula is C19H22N2O5S. The van der Waals surface area contributed by atoms with Crippen LogP contribution in [0.4, 0.5) is 11.4 Å². The fourth-order valence-electron chi connectivity index (χ4n) is 2.69. The second-order valence-electron chi connectivity index (χ2n) is 5.85. The highest BCUT2D eigenvalue weighted by Gasteiger charge is 2.16. The van der Waals surface area contributed by atoms with Crippen LogP contribution in [-0.2, 0) is 25.8 Å². The second-order valence-corrected chi connectivity index (χ2v) is 7.83. The Kier molecular flexibility index (Phi) is 6.57. The van der Waals surface area contributed by atoms with Crippen molar-refractivity contribution in [2.45, 2.75) is 18.2 Å². The number of esters is 1. The van der Waals surface area contributed by atoms with Gasteiger partial charge in [-0.1, -0.05) is 25.1 Å². The number of hydrogen-bond acceptors (Lipinski definition) is 6. The van der Waals surface area contributed by atoms with Crippen LogP contribution in [0.3, 0.4) is 0 Å². The average molecular weight is 390 g/mol. The third kappa shape index (κ3) is 5.07. The SMILES string of the molecule is CCc1c(NCC(=O)Nc2ccccc2C(=O)OC)cccc1S(C)(=O)=O. The van der Waals surface area contributed by atoms with Gasteiger partial charge in [-0.25, -0.2) is 13.2 Å². The molecule has 2 N–H and O–H groups in total. The lowest BCUT2D eigenvalue weighted by molar-refractivity contribution is -0.114. The minimum Gasteiger partial charge on any atom is -0.465 e. The molecule has 0 spiro atoms. The Balaban J connectivity index is 2.15. The number of methoxy groups -OCH3 is 1. The van der Waals surface area contributed by atoms with Gasteiger partial charge >= 0.3 is 5.97 Å². The third-order valence-corrected chi connectivity index (χ3v) is 5.11. The number of para-hydroxylation sites is 1. The molecule has 0 aromatic heterocycles. The van der Waals surface area contributed by atoms with Gasteiger partial charge in [-0.3, -0.25) is 4.79 Å². The highest BCUT2D eigenvalue weighted by Crippen LogP contribution is 2.24. The van der Waals surface area contributed by atoms with Crippen LogP contribution < -0.4 is 10.6 Å². The first-order valence-electron chi connectivity index (χ1n) is 8.31. The number of amides is 1. The number of carbonyl (C=O) groups excluding carboxylic acids is 2. The Hall–Kier alpha value is -2.87. The van der Waals surface area contributed by atoms with Gasteiger partial charge in [0.2, 0.25) is 5.91 Å². The molecule has 2 aromatic carbocycles. The number of nitrogens with one attached hydrogen (secondary N) is 2. The molecule has 0 aliphatic carbocycles. The first-order valence-corrected chi connectivity index (χ1v) is 10.2. The van der Waals surface area contributed by atoms with E-state index in [4.69, 9.17) is 4.74 Å². The summed E-state index contributed by atoms with van der Waals surface area (Å²) in [6.45, 7) is 1.76.